The molecule has 0 aliphatic heterocycles. The molecule has 0 aromatic carbocycles. The van der Waals surface area contributed by atoms with Crippen LogP contribution in [0.1, 0.15) is 41.9 Å². The monoisotopic (exact) mass is 429 g/mol. The number of pyridine rings is 1. The van der Waals surface area contributed by atoms with Gasteiger partial charge in [0.1, 0.15) is 10.5 Å². The zero-order valence-electron chi connectivity index (χ0n) is 17.5. The quantitative estimate of drug-likeness (QED) is 0.535. The zero-order chi connectivity index (χ0) is 21.5. The summed E-state index contributed by atoms with van der Waals surface area (Å²) in [5, 5.41) is 3.46. The predicted molar refractivity (Wildman–Crippen MR) is 117 cm³/mol. The molecule has 3 rings (SSSR count). The highest BCUT2D eigenvalue weighted by Gasteiger charge is 2.21. The Balaban J connectivity index is 1.65. The van der Waals surface area contributed by atoms with Crippen LogP contribution in [0.4, 0.5) is 5.13 Å². The summed E-state index contributed by atoms with van der Waals surface area (Å²) in [5.41, 5.74) is 1.82. The van der Waals surface area contributed by atoms with Crippen molar-refractivity contribution in [2.75, 3.05) is 25.2 Å². The molecule has 0 saturated carbocycles. The van der Waals surface area contributed by atoms with Gasteiger partial charge in [-0.25, -0.2) is 9.97 Å². The molecule has 0 aliphatic rings. The van der Waals surface area contributed by atoms with E-state index in [4.69, 9.17) is 4.74 Å². The van der Waals surface area contributed by atoms with E-state index in [0.717, 1.165) is 17.6 Å². The van der Waals surface area contributed by atoms with E-state index >= 15 is 0 Å². The lowest BCUT2D eigenvalue weighted by atomic mass is 10.1. The molecule has 0 radical (unpaired) electrons. The highest BCUT2D eigenvalue weighted by atomic mass is 32.1. The minimum Gasteiger partial charge on any atom is -0.384 e. The number of thiazole rings is 1. The SMILES string of the molecule is COCCC(=O)N(CCC(C)C)c1ncc(C(=O)NCc2ccc3nccn3c2)s1. The van der Waals surface area contributed by atoms with E-state index < -0.39 is 0 Å². The lowest BCUT2D eigenvalue weighted by Crippen LogP contribution is -2.33. The van der Waals surface area contributed by atoms with Crippen LogP contribution in [0.25, 0.3) is 5.65 Å². The Kier molecular flexibility index (Phi) is 7.53. The maximum Gasteiger partial charge on any atom is 0.263 e. The van der Waals surface area contributed by atoms with Gasteiger partial charge in [0.2, 0.25) is 5.91 Å². The van der Waals surface area contributed by atoms with Gasteiger partial charge < -0.3 is 14.5 Å². The van der Waals surface area contributed by atoms with Gasteiger partial charge in [0.15, 0.2) is 5.13 Å². The molecule has 30 heavy (non-hydrogen) atoms. The van der Waals surface area contributed by atoms with Crippen LogP contribution in [-0.4, -0.2) is 46.4 Å². The number of hydrogen-bond acceptors (Lipinski definition) is 6. The first-order valence-corrected chi connectivity index (χ1v) is 10.7. The van der Waals surface area contributed by atoms with Crippen molar-refractivity contribution in [3.8, 4) is 0 Å². The highest BCUT2D eigenvalue weighted by Crippen LogP contribution is 2.24. The molecular weight excluding hydrogens is 402 g/mol. The van der Waals surface area contributed by atoms with E-state index in [0.29, 0.717) is 35.6 Å². The molecule has 0 atom stereocenters. The average molecular weight is 430 g/mol. The molecule has 8 nitrogen and oxygen atoms in total. The number of hydrogen-bond donors (Lipinski definition) is 1. The van der Waals surface area contributed by atoms with Gasteiger partial charge in [-0.2, -0.15) is 0 Å². The Morgan fingerprint density at radius 2 is 2.13 bits per heavy atom. The predicted octanol–water partition coefficient (Wildman–Crippen LogP) is 3.14. The molecule has 0 saturated heterocycles. The average Bonchev–Trinajstić information content (AvgIpc) is 3.39. The summed E-state index contributed by atoms with van der Waals surface area (Å²) in [5.74, 6) is 0.198. The Morgan fingerprint density at radius 3 is 2.90 bits per heavy atom. The fourth-order valence-electron chi connectivity index (χ4n) is 2.87. The standard InChI is InChI=1S/C21H27N5O3S/c1-15(2)6-9-26(19(27)7-11-29-3)21-24-13-17(30-21)20(28)23-12-16-4-5-18-22-8-10-25(18)14-16/h4-5,8,10,13-15H,6-7,9,11-12H2,1-3H3,(H,23,28). The van der Waals surface area contributed by atoms with Crippen LogP contribution in [0, 0.1) is 5.92 Å². The summed E-state index contributed by atoms with van der Waals surface area (Å²) in [6.45, 7) is 5.54. The Hall–Kier alpha value is -2.78. The topological polar surface area (TPSA) is 88.8 Å². The molecule has 2 amide bonds. The van der Waals surface area contributed by atoms with E-state index in [9.17, 15) is 9.59 Å². The molecule has 0 fully saturated rings. The van der Waals surface area contributed by atoms with Gasteiger partial charge in [-0.3, -0.25) is 14.5 Å². The van der Waals surface area contributed by atoms with Crippen molar-refractivity contribution in [1.29, 1.82) is 0 Å². The number of rotatable bonds is 10. The third kappa shape index (κ3) is 5.64. The number of ether oxygens (including phenoxy) is 1. The molecule has 0 bridgehead atoms. The minimum atomic E-state index is -0.211. The second kappa shape index (κ2) is 10.3. The fraction of sp³-hybridized carbons (Fsp3) is 0.429. The van der Waals surface area contributed by atoms with Crippen molar-refractivity contribution >= 4 is 33.9 Å². The fourth-order valence-corrected chi connectivity index (χ4v) is 3.75. The lowest BCUT2D eigenvalue weighted by molar-refractivity contribution is -0.119. The number of fused-ring (bicyclic) bond motifs is 1. The number of nitrogens with zero attached hydrogens (tertiary/aromatic N) is 4. The Morgan fingerprint density at radius 1 is 1.30 bits per heavy atom. The molecule has 3 aromatic heterocycles. The summed E-state index contributed by atoms with van der Waals surface area (Å²) >= 11 is 1.23. The smallest absolute Gasteiger partial charge is 0.263 e. The van der Waals surface area contributed by atoms with Crippen molar-refractivity contribution < 1.29 is 14.3 Å². The number of imidazole rings is 1. The number of carbonyl (C=O) groups is 2. The van der Waals surface area contributed by atoms with Crippen LogP contribution in [0.2, 0.25) is 0 Å². The summed E-state index contributed by atoms with van der Waals surface area (Å²) in [4.78, 5) is 35.9. The molecule has 1 N–H and O–H groups in total. The van der Waals surface area contributed by atoms with Crippen LogP contribution in [-0.2, 0) is 16.1 Å². The van der Waals surface area contributed by atoms with Crippen molar-refractivity contribution in [2.45, 2.75) is 33.2 Å². The van der Waals surface area contributed by atoms with E-state index in [-0.39, 0.29) is 18.2 Å². The van der Waals surface area contributed by atoms with Crippen molar-refractivity contribution in [1.82, 2.24) is 19.7 Å². The van der Waals surface area contributed by atoms with Crippen LogP contribution >= 0.6 is 11.3 Å². The third-order valence-electron chi connectivity index (χ3n) is 4.60. The van der Waals surface area contributed by atoms with Gasteiger partial charge in [-0.15, -0.1) is 0 Å². The summed E-state index contributed by atoms with van der Waals surface area (Å²) in [7, 11) is 1.57. The van der Waals surface area contributed by atoms with Crippen molar-refractivity contribution in [2.24, 2.45) is 5.92 Å². The first-order valence-electron chi connectivity index (χ1n) is 9.93. The Labute approximate surface area is 179 Å². The molecule has 0 unspecified atom stereocenters. The first-order chi connectivity index (χ1) is 14.5. The van der Waals surface area contributed by atoms with Crippen molar-refractivity contribution in [3.63, 3.8) is 0 Å². The zero-order valence-corrected chi connectivity index (χ0v) is 18.3. The summed E-state index contributed by atoms with van der Waals surface area (Å²) in [6, 6.07) is 3.84. The maximum atomic E-state index is 12.6. The second-order valence-electron chi connectivity index (χ2n) is 7.39. The number of amides is 2. The number of methoxy groups -OCH3 is 1. The van der Waals surface area contributed by atoms with E-state index in [1.165, 1.54) is 17.5 Å². The van der Waals surface area contributed by atoms with E-state index in [1.54, 1.807) is 18.2 Å². The Bertz CT molecular complexity index is 997. The highest BCUT2D eigenvalue weighted by molar-refractivity contribution is 7.17. The second-order valence-corrected chi connectivity index (χ2v) is 8.40. The molecule has 0 spiro atoms. The van der Waals surface area contributed by atoms with Gasteiger partial charge in [0.05, 0.1) is 19.2 Å². The normalized spacial score (nSPS) is 11.2. The van der Waals surface area contributed by atoms with Crippen LogP contribution in [0.5, 0.6) is 0 Å². The van der Waals surface area contributed by atoms with Gasteiger partial charge >= 0.3 is 0 Å². The molecule has 9 heteroatoms. The van der Waals surface area contributed by atoms with Crippen LogP contribution < -0.4 is 10.2 Å². The third-order valence-corrected chi connectivity index (χ3v) is 5.62. The van der Waals surface area contributed by atoms with E-state index in [2.05, 4.69) is 29.1 Å². The van der Waals surface area contributed by atoms with Crippen LogP contribution in [0.3, 0.4) is 0 Å². The number of anilines is 1. The number of carbonyl (C=O) groups excluding carboxylic acids is 2. The lowest BCUT2D eigenvalue weighted by Gasteiger charge is -2.20. The van der Waals surface area contributed by atoms with Crippen LogP contribution in [0.15, 0.2) is 36.9 Å². The van der Waals surface area contributed by atoms with Gasteiger partial charge in [-0.1, -0.05) is 31.3 Å². The first kappa shape index (κ1) is 21.9. The number of aromatic nitrogens is 3. The van der Waals surface area contributed by atoms with Gasteiger partial charge in [0.25, 0.3) is 5.91 Å². The molecule has 3 heterocycles. The summed E-state index contributed by atoms with van der Waals surface area (Å²) < 4.78 is 6.94. The molecule has 3 aromatic rings. The van der Waals surface area contributed by atoms with Crippen molar-refractivity contribution in [3.05, 3.63) is 47.4 Å². The molecular formula is C21H27N5O3S. The van der Waals surface area contributed by atoms with E-state index in [1.807, 2.05) is 28.9 Å². The van der Waals surface area contributed by atoms with Gasteiger partial charge in [0, 0.05) is 38.8 Å². The largest absolute Gasteiger partial charge is 0.384 e. The molecule has 0 aliphatic carbocycles. The van der Waals surface area contributed by atoms with Gasteiger partial charge in [-0.05, 0) is 24.0 Å². The molecule has 160 valence electrons. The maximum absolute atomic E-state index is 12.6. The number of nitrogens with one attached hydrogen (secondary N) is 1. The summed E-state index contributed by atoms with van der Waals surface area (Å²) in [6.07, 6.45) is 8.20. The minimum absolute atomic E-state index is 0.0487.